The number of rotatable bonds is 6. The van der Waals surface area contributed by atoms with Gasteiger partial charge < -0.3 is 14.8 Å². The lowest BCUT2D eigenvalue weighted by Gasteiger charge is -2.32. The topological polar surface area (TPSA) is 73.5 Å². The van der Waals surface area contributed by atoms with Crippen molar-refractivity contribution in [3.05, 3.63) is 70.1 Å². The molecular weight excluding hydrogens is 469 g/mol. The number of nitrogens with one attached hydrogen (secondary N) is 1. The maximum Gasteiger partial charge on any atom is 0.295 e. The molecule has 0 aliphatic carbocycles. The first-order chi connectivity index (χ1) is 16.7. The molecule has 0 spiro atoms. The number of carbonyl (C=O) groups excluding carboxylic acids is 3. The van der Waals surface area contributed by atoms with Gasteiger partial charge in [0.15, 0.2) is 0 Å². The van der Waals surface area contributed by atoms with Crippen LogP contribution < -0.4 is 0 Å². The predicted molar refractivity (Wildman–Crippen MR) is 134 cm³/mol. The van der Waals surface area contributed by atoms with Crippen LogP contribution in [0.5, 0.6) is 0 Å². The number of nitrogens with zero attached hydrogens (tertiary/aromatic N) is 2. The summed E-state index contributed by atoms with van der Waals surface area (Å²) in [6, 6.07) is 9.67. The summed E-state index contributed by atoms with van der Waals surface area (Å²) in [7, 11) is 1.59. The Morgan fingerprint density at radius 2 is 1.77 bits per heavy atom. The van der Waals surface area contributed by atoms with Gasteiger partial charge in [-0.15, -0.1) is 0 Å². The molecule has 0 radical (unpaired) electrons. The van der Waals surface area contributed by atoms with Crippen LogP contribution in [0.25, 0.3) is 10.9 Å². The number of halogens is 2. The van der Waals surface area contributed by atoms with Crippen LogP contribution in [-0.4, -0.2) is 58.6 Å². The number of piperidine rings is 1. The van der Waals surface area contributed by atoms with Crippen molar-refractivity contribution in [3.8, 4) is 0 Å². The number of likely N-dealkylation sites (N-methyl/N-ethyl adjacent to an activating group) is 1. The smallest absolute Gasteiger partial charge is 0.295 e. The third-order valence-electron chi connectivity index (χ3n) is 6.87. The van der Waals surface area contributed by atoms with Gasteiger partial charge in [-0.1, -0.05) is 23.7 Å². The molecule has 184 valence electrons. The Morgan fingerprint density at radius 1 is 1.11 bits per heavy atom. The number of fused-ring (bicyclic) bond motifs is 1. The summed E-state index contributed by atoms with van der Waals surface area (Å²) in [6.07, 6.45) is 4.02. The van der Waals surface area contributed by atoms with Gasteiger partial charge in [0, 0.05) is 43.3 Å². The Labute approximate surface area is 209 Å². The zero-order valence-electron chi connectivity index (χ0n) is 20.1. The average Bonchev–Trinajstić information content (AvgIpc) is 3.26. The fraction of sp³-hybridized carbons (Fsp3) is 0.370. The van der Waals surface area contributed by atoms with Crippen molar-refractivity contribution in [3.63, 3.8) is 0 Å². The standard InChI is InChI=1S/C27H29ClFN3O3/c1-16(2)31(3)27(35)25(33)22-15-30-24-14-23(28)21(13-20(22)24)26(34)32-10-8-18(9-11-32)12-17-4-6-19(29)7-5-17/h4-7,13-16,18,30H,8-12H2,1-3H3. The Balaban J connectivity index is 1.49. The van der Waals surface area contributed by atoms with E-state index < -0.39 is 11.7 Å². The minimum absolute atomic E-state index is 0.116. The highest BCUT2D eigenvalue weighted by molar-refractivity contribution is 6.45. The second-order valence-electron chi connectivity index (χ2n) is 9.49. The molecule has 0 atom stereocenters. The van der Waals surface area contributed by atoms with Crippen molar-refractivity contribution in [2.75, 3.05) is 20.1 Å². The van der Waals surface area contributed by atoms with E-state index in [9.17, 15) is 18.8 Å². The highest BCUT2D eigenvalue weighted by Gasteiger charge is 2.28. The van der Waals surface area contributed by atoms with Crippen LogP contribution in [0, 0.1) is 11.7 Å². The summed E-state index contributed by atoms with van der Waals surface area (Å²) in [5.74, 6) is -1.25. The van der Waals surface area contributed by atoms with Gasteiger partial charge >= 0.3 is 0 Å². The van der Waals surface area contributed by atoms with Gasteiger partial charge in [-0.05, 0) is 68.9 Å². The normalized spacial score (nSPS) is 14.5. The van der Waals surface area contributed by atoms with Gasteiger partial charge in [0.2, 0.25) is 0 Å². The molecule has 35 heavy (non-hydrogen) atoms. The van der Waals surface area contributed by atoms with E-state index in [-0.39, 0.29) is 23.3 Å². The molecule has 3 aromatic rings. The summed E-state index contributed by atoms with van der Waals surface area (Å²) in [5, 5.41) is 0.793. The lowest BCUT2D eigenvalue weighted by molar-refractivity contribution is -0.126. The summed E-state index contributed by atoms with van der Waals surface area (Å²) >= 11 is 6.45. The first-order valence-corrected chi connectivity index (χ1v) is 12.2. The van der Waals surface area contributed by atoms with E-state index in [0.717, 1.165) is 24.8 Å². The second-order valence-corrected chi connectivity index (χ2v) is 9.89. The van der Waals surface area contributed by atoms with Gasteiger partial charge in [-0.2, -0.15) is 0 Å². The molecular formula is C27H29ClFN3O3. The zero-order chi connectivity index (χ0) is 25.3. The van der Waals surface area contributed by atoms with E-state index in [1.807, 2.05) is 13.8 Å². The fourth-order valence-corrected chi connectivity index (χ4v) is 4.71. The number of aromatic nitrogens is 1. The van der Waals surface area contributed by atoms with Gasteiger partial charge in [0.1, 0.15) is 5.82 Å². The number of ketones is 1. The van der Waals surface area contributed by atoms with E-state index in [1.54, 1.807) is 36.2 Å². The third kappa shape index (κ3) is 5.25. The van der Waals surface area contributed by atoms with Gasteiger partial charge in [0.25, 0.3) is 17.6 Å². The third-order valence-corrected chi connectivity index (χ3v) is 7.19. The molecule has 1 aliphatic heterocycles. The average molecular weight is 498 g/mol. The summed E-state index contributed by atoms with van der Waals surface area (Å²) in [5.41, 5.74) is 2.22. The van der Waals surface area contributed by atoms with Crippen molar-refractivity contribution >= 4 is 40.1 Å². The molecule has 2 amide bonds. The Morgan fingerprint density at radius 3 is 2.40 bits per heavy atom. The predicted octanol–water partition coefficient (Wildman–Crippen LogP) is 5.10. The van der Waals surface area contributed by atoms with Crippen molar-refractivity contribution in [2.24, 2.45) is 5.92 Å². The number of amides is 2. The minimum Gasteiger partial charge on any atom is -0.360 e. The van der Waals surface area contributed by atoms with Crippen molar-refractivity contribution < 1.29 is 18.8 Å². The largest absolute Gasteiger partial charge is 0.360 e. The maximum atomic E-state index is 13.3. The Bertz CT molecular complexity index is 1260. The van der Waals surface area contributed by atoms with Crippen LogP contribution in [0.3, 0.4) is 0 Å². The highest BCUT2D eigenvalue weighted by atomic mass is 35.5. The second kappa shape index (κ2) is 10.2. The number of Topliss-reactive ketones (excluding diaryl/α,β-unsaturated/α-hetero) is 1. The van der Waals surface area contributed by atoms with E-state index in [0.29, 0.717) is 40.5 Å². The monoisotopic (exact) mass is 497 g/mol. The molecule has 1 saturated heterocycles. The molecule has 1 N–H and O–H groups in total. The zero-order valence-corrected chi connectivity index (χ0v) is 20.9. The number of hydrogen-bond donors (Lipinski definition) is 1. The lowest BCUT2D eigenvalue weighted by Crippen LogP contribution is -2.39. The van der Waals surface area contributed by atoms with Crippen molar-refractivity contribution in [2.45, 2.75) is 39.2 Å². The summed E-state index contributed by atoms with van der Waals surface area (Å²) < 4.78 is 13.2. The van der Waals surface area contributed by atoms with E-state index >= 15 is 0 Å². The molecule has 6 nitrogen and oxygen atoms in total. The minimum atomic E-state index is -0.630. The van der Waals surface area contributed by atoms with Crippen LogP contribution in [0.2, 0.25) is 5.02 Å². The van der Waals surface area contributed by atoms with Crippen molar-refractivity contribution in [1.29, 1.82) is 0 Å². The van der Waals surface area contributed by atoms with E-state index in [1.165, 1.54) is 23.2 Å². The lowest BCUT2D eigenvalue weighted by atomic mass is 9.90. The summed E-state index contributed by atoms with van der Waals surface area (Å²) in [6.45, 7) is 4.85. The maximum absolute atomic E-state index is 13.3. The molecule has 1 aromatic heterocycles. The molecule has 8 heteroatoms. The molecule has 0 saturated carbocycles. The number of hydrogen-bond acceptors (Lipinski definition) is 3. The van der Waals surface area contributed by atoms with Crippen LogP contribution >= 0.6 is 11.6 Å². The van der Waals surface area contributed by atoms with Gasteiger partial charge in [-0.3, -0.25) is 14.4 Å². The first-order valence-electron chi connectivity index (χ1n) is 11.8. The molecule has 0 unspecified atom stereocenters. The van der Waals surface area contributed by atoms with Crippen LogP contribution in [0.4, 0.5) is 4.39 Å². The summed E-state index contributed by atoms with van der Waals surface area (Å²) in [4.78, 5) is 44.9. The van der Waals surface area contributed by atoms with Crippen LogP contribution in [0.1, 0.15) is 53.0 Å². The van der Waals surface area contributed by atoms with Gasteiger partial charge in [0.05, 0.1) is 16.1 Å². The number of H-pyrrole nitrogens is 1. The number of likely N-dealkylation sites (tertiary alicyclic amines) is 1. The van der Waals surface area contributed by atoms with Crippen LogP contribution in [-0.2, 0) is 11.2 Å². The number of benzene rings is 2. The van der Waals surface area contributed by atoms with E-state index in [2.05, 4.69) is 4.98 Å². The fourth-order valence-electron chi connectivity index (χ4n) is 4.47. The SMILES string of the molecule is CC(C)N(C)C(=O)C(=O)c1c[nH]c2cc(Cl)c(C(=O)N3CCC(Cc4ccc(F)cc4)CC3)cc12. The Hall–Kier alpha value is -3.19. The molecule has 1 aliphatic rings. The molecule has 0 bridgehead atoms. The van der Waals surface area contributed by atoms with Gasteiger partial charge in [-0.25, -0.2) is 4.39 Å². The molecule has 2 heterocycles. The molecule has 1 fully saturated rings. The number of aromatic amines is 1. The van der Waals surface area contributed by atoms with Crippen LogP contribution in [0.15, 0.2) is 42.6 Å². The molecule has 2 aromatic carbocycles. The molecule has 4 rings (SSSR count). The number of carbonyl (C=O) groups is 3. The first kappa shape index (κ1) is 24.9. The van der Waals surface area contributed by atoms with E-state index in [4.69, 9.17) is 11.6 Å². The van der Waals surface area contributed by atoms with Crippen molar-refractivity contribution in [1.82, 2.24) is 14.8 Å². The highest BCUT2D eigenvalue weighted by Crippen LogP contribution is 2.30. The Kier molecular flexibility index (Phi) is 7.26. The quantitative estimate of drug-likeness (QED) is 0.380.